The lowest BCUT2D eigenvalue weighted by Crippen LogP contribution is -2.27. The Kier molecular flexibility index (Phi) is 7.57. The van der Waals surface area contributed by atoms with Crippen molar-refractivity contribution in [3.8, 4) is 11.3 Å². The molecule has 0 amide bonds. The summed E-state index contributed by atoms with van der Waals surface area (Å²) in [6, 6.07) is 23.6. The standard InChI is InChI=1S/C25H26N4.2BrH/c1-3-27(4-2)16-17-28-23-14-7-8-15-24(23)29-18-22(26-25(28)29)21-13-9-11-19-10-5-6-12-20(19)21;;/h5-15,18H,3-4,16-17H2,1-2H3;2*1H. The van der Waals surface area contributed by atoms with Crippen LogP contribution in [0, 0.1) is 0 Å². The van der Waals surface area contributed by atoms with Gasteiger partial charge in [0.05, 0.1) is 16.7 Å². The van der Waals surface area contributed by atoms with Crippen LogP contribution in [0.15, 0.2) is 72.9 Å². The van der Waals surface area contributed by atoms with Gasteiger partial charge >= 0.3 is 0 Å². The second-order valence-corrected chi connectivity index (χ2v) is 7.49. The lowest BCUT2D eigenvalue weighted by atomic mass is 10.0. The molecule has 162 valence electrons. The summed E-state index contributed by atoms with van der Waals surface area (Å²) in [5, 5.41) is 2.49. The molecule has 0 aliphatic carbocycles. The molecule has 0 fully saturated rings. The highest BCUT2D eigenvalue weighted by molar-refractivity contribution is 8.93. The number of para-hydroxylation sites is 2. The molecule has 0 radical (unpaired) electrons. The summed E-state index contributed by atoms with van der Waals surface area (Å²) in [6.07, 6.45) is 2.19. The minimum absolute atomic E-state index is 0. The van der Waals surface area contributed by atoms with E-state index in [-0.39, 0.29) is 34.0 Å². The predicted octanol–water partition coefficient (Wildman–Crippen LogP) is 6.61. The monoisotopic (exact) mass is 542 g/mol. The Bertz CT molecular complexity index is 1300. The fourth-order valence-electron chi connectivity index (χ4n) is 4.32. The zero-order valence-corrected chi connectivity index (χ0v) is 21.3. The van der Waals surface area contributed by atoms with Crippen LogP contribution in [0.2, 0.25) is 0 Å². The number of benzene rings is 3. The summed E-state index contributed by atoms with van der Waals surface area (Å²) >= 11 is 0. The predicted molar refractivity (Wildman–Crippen MR) is 142 cm³/mol. The molecule has 5 aromatic rings. The lowest BCUT2D eigenvalue weighted by Gasteiger charge is -2.18. The van der Waals surface area contributed by atoms with Crippen LogP contribution in [0.1, 0.15) is 13.8 Å². The SMILES string of the molecule is Br.Br.CCN(CC)CCn1c2ccccc2n2cc(-c3cccc4ccccc34)nc12. The van der Waals surface area contributed by atoms with Crippen molar-refractivity contribution in [2.24, 2.45) is 0 Å². The van der Waals surface area contributed by atoms with E-state index in [1.807, 2.05) is 0 Å². The maximum absolute atomic E-state index is 5.11. The number of aromatic nitrogens is 3. The number of nitrogens with zero attached hydrogens (tertiary/aromatic N) is 4. The van der Waals surface area contributed by atoms with Crippen LogP contribution in [-0.4, -0.2) is 38.5 Å². The zero-order chi connectivity index (χ0) is 19.8. The summed E-state index contributed by atoms with van der Waals surface area (Å²) in [5.74, 6) is 1.02. The molecule has 2 heterocycles. The van der Waals surface area contributed by atoms with Crippen molar-refractivity contribution >= 4 is 61.5 Å². The molecule has 6 heteroatoms. The number of fused-ring (bicyclic) bond motifs is 4. The molecule has 31 heavy (non-hydrogen) atoms. The second-order valence-electron chi connectivity index (χ2n) is 7.49. The minimum Gasteiger partial charge on any atom is -0.308 e. The van der Waals surface area contributed by atoms with E-state index in [2.05, 4.69) is 101 Å². The van der Waals surface area contributed by atoms with Gasteiger partial charge in [-0.05, 0) is 36.0 Å². The second kappa shape index (κ2) is 9.98. The van der Waals surface area contributed by atoms with Gasteiger partial charge in [-0.3, -0.25) is 4.40 Å². The van der Waals surface area contributed by atoms with E-state index < -0.39 is 0 Å². The Morgan fingerprint density at radius 3 is 2.26 bits per heavy atom. The molecule has 2 aromatic heterocycles. The van der Waals surface area contributed by atoms with Gasteiger partial charge in [0.25, 0.3) is 0 Å². The highest BCUT2D eigenvalue weighted by Crippen LogP contribution is 2.30. The van der Waals surface area contributed by atoms with Crippen LogP contribution < -0.4 is 0 Å². The Balaban J connectivity index is 0.00000136. The van der Waals surface area contributed by atoms with Gasteiger partial charge in [0.15, 0.2) is 0 Å². The molecule has 0 atom stereocenters. The van der Waals surface area contributed by atoms with Crippen molar-refractivity contribution in [1.29, 1.82) is 0 Å². The minimum atomic E-state index is 0. The van der Waals surface area contributed by atoms with Gasteiger partial charge < -0.3 is 9.47 Å². The summed E-state index contributed by atoms with van der Waals surface area (Å²) in [7, 11) is 0. The fraction of sp³-hybridized carbons (Fsp3) is 0.240. The molecule has 4 nitrogen and oxygen atoms in total. The average molecular weight is 544 g/mol. The van der Waals surface area contributed by atoms with Crippen LogP contribution >= 0.6 is 34.0 Å². The van der Waals surface area contributed by atoms with Gasteiger partial charge in [0.2, 0.25) is 5.78 Å². The van der Waals surface area contributed by atoms with Crippen molar-refractivity contribution in [2.45, 2.75) is 20.4 Å². The smallest absolute Gasteiger partial charge is 0.215 e. The summed E-state index contributed by atoms with van der Waals surface area (Å²) in [5.41, 5.74) is 4.66. The third-order valence-electron chi connectivity index (χ3n) is 5.96. The quantitative estimate of drug-likeness (QED) is 0.241. The van der Waals surface area contributed by atoms with Gasteiger partial charge in [-0.15, -0.1) is 34.0 Å². The van der Waals surface area contributed by atoms with Crippen molar-refractivity contribution in [1.82, 2.24) is 18.9 Å². The number of rotatable bonds is 6. The number of hydrogen-bond donors (Lipinski definition) is 0. The third-order valence-corrected chi connectivity index (χ3v) is 5.96. The average Bonchev–Trinajstić information content (AvgIpc) is 3.32. The highest BCUT2D eigenvalue weighted by Gasteiger charge is 2.16. The van der Waals surface area contributed by atoms with E-state index in [1.54, 1.807) is 0 Å². The van der Waals surface area contributed by atoms with Gasteiger partial charge in [0.1, 0.15) is 0 Å². The first kappa shape index (κ1) is 23.5. The highest BCUT2D eigenvalue weighted by atomic mass is 79.9. The largest absolute Gasteiger partial charge is 0.308 e. The van der Waals surface area contributed by atoms with E-state index in [0.29, 0.717) is 0 Å². The summed E-state index contributed by atoms with van der Waals surface area (Å²) < 4.78 is 4.61. The first-order valence-corrected chi connectivity index (χ1v) is 10.5. The van der Waals surface area contributed by atoms with Crippen LogP contribution in [0.3, 0.4) is 0 Å². The van der Waals surface area contributed by atoms with E-state index in [0.717, 1.165) is 37.7 Å². The van der Waals surface area contributed by atoms with Gasteiger partial charge in [0, 0.05) is 24.8 Å². The fourth-order valence-corrected chi connectivity index (χ4v) is 4.32. The molecule has 5 rings (SSSR count). The normalized spacial score (nSPS) is 11.2. The van der Waals surface area contributed by atoms with Gasteiger partial charge in [-0.25, -0.2) is 4.98 Å². The molecule has 0 unspecified atom stereocenters. The van der Waals surface area contributed by atoms with Crippen molar-refractivity contribution < 1.29 is 0 Å². The molecule has 0 saturated carbocycles. The van der Waals surface area contributed by atoms with Crippen LogP contribution in [0.5, 0.6) is 0 Å². The Morgan fingerprint density at radius 2 is 1.48 bits per heavy atom. The van der Waals surface area contributed by atoms with Crippen LogP contribution in [0.4, 0.5) is 0 Å². The molecule has 0 spiro atoms. The van der Waals surface area contributed by atoms with Crippen LogP contribution in [0.25, 0.3) is 38.8 Å². The lowest BCUT2D eigenvalue weighted by molar-refractivity contribution is 0.293. The molecule has 0 aliphatic rings. The van der Waals surface area contributed by atoms with Crippen molar-refractivity contribution in [2.75, 3.05) is 19.6 Å². The van der Waals surface area contributed by atoms with E-state index in [4.69, 9.17) is 4.98 Å². The van der Waals surface area contributed by atoms with Crippen molar-refractivity contribution in [3.63, 3.8) is 0 Å². The number of likely N-dealkylation sites (N-methyl/N-ethyl adjacent to an activating group) is 1. The maximum Gasteiger partial charge on any atom is 0.215 e. The van der Waals surface area contributed by atoms with Gasteiger partial charge in [-0.2, -0.15) is 0 Å². The molecule has 0 bridgehead atoms. The molecule has 0 N–H and O–H groups in total. The first-order valence-electron chi connectivity index (χ1n) is 10.5. The molecule has 0 aliphatic heterocycles. The van der Waals surface area contributed by atoms with E-state index in [1.165, 1.54) is 27.4 Å². The Hall–Kier alpha value is -2.15. The van der Waals surface area contributed by atoms with Crippen LogP contribution in [-0.2, 0) is 6.54 Å². The number of hydrogen-bond acceptors (Lipinski definition) is 2. The summed E-state index contributed by atoms with van der Waals surface area (Å²) in [6.45, 7) is 8.55. The maximum atomic E-state index is 5.11. The Labute approximate surface area is 204 Å². The van der Waals surface area contributed by atoms with E-state index >= 15 is 0 Å². The molecule has 3 aromatic carbocycles. The number of imidazole rings is 2. The third kappa shape index (κ3) is 4.16. The molecular formula is C25H28Br2N4. The topological polar surface area (TPSA) is 25.5 Å². The van der Waals surface area contributed by atoms with E-state index in [9.17, 15) is 0 Å². The zero-order valence-electron chi connectivity index (χ0n) is 17.9. The van der Waals surface area contributed by atoms with Crippen molar-refractivity contribution in [3.05, 3.63) is 72.9 Å². The first-order chi connectivity index (χ1) is 14.3. The molecule has 0 saturated heterocycles. The molecular weight excluding hydrogens is 516 g/mol. The number of halogens is 2. The van der Waals surface area contributed by atoms with Gasteiger partial charge in [-0.1, -0.05) is 68.4 Å². The summed E-state index contributed by atoms with van der Waals surface area (Å²) in [4.78, 5) is 7.57. The Morgan fingerprint density at radius 1 is 0.806 bits per heavy atom.